The van der Waals surface area contributed by atoms with Crippen LogP contribution in [-0.2, 0) is 16.0 Å². The van der Waals surface area contributed by atoms with Crippen molar-refractivity contribution < 1.29 is 14.7 Å². The Balaban J connectivity index is 2.54. The summed E-state index contributed by atoms with van der Waals surface area (Å²) in [5, 5.41) is 13.6. The molecule has 0 spiro atoms. The predicted octanol–water partition coefficient (Wildman–Crippen LogP) is 1.91. The van der Waals surface area contributed by atoms with Gasteiger partial charge in [-0.3, -0.25) is 9.59 Å². The van der Waals surface area contributed by atoms with Crippen LogP contribution in [0.2, 0.25) is 0 Å². The number of carboxylic acids is 1. The molecular formula is C12H17NO3S. The summed E-state index contributed by atoms with van der Waals surface area (Å²) in [7, 11) is 0. The molecule has 1 unspecified atom stereocenters. The van der Waals surface area contributed by atoms with Crippen molar-refractivity contribution >= 4 is 23.2 Å². The molecule has 94 valence electrons. The Labute approximate surface area is 105 Å². The van der Waals surface area contributed by atoms with Crippen LogP contribution in [0, 0.1) is 5.41 Å². The number of rotatable bonds is 5. The zero-order chi connectivity index (χ0) is 13.1. The first-order valence-corrected chi connectivity index (χ1v) is 6.28. The third-order valence-corrected chi connectivity index (χ3v) is 3.47. The first-order chi connectivity index (χ1) is 7.84. The standard InChI is InChI=1S/C12H17NO3S/c1-8(7-9-5-4-6-17-9)13-10(14)12(2,3)11(15)16/h4-6,8H,7H2,1-3H3,(H,13,14)(H,15,16). The molecule has 0 aliphatic heterocycles. The molecule has 1 atom stereocenters. The van der Waals surface area contributed by atoms with Crippen LogP contribution in [0.5, 0.6) is 0 Å². The van der Waals surface area contributed by atoms with Gasteiger partial charge in [0.05, 0.1) is 0 Å². The molecule has 1 amide bonds. The van der Waals surface area contributed by atoms with E-state index in [1.165, 1.54) is 18.7 Å². The molecule has 2 N–H and O–H groups in total. The van der Waals surface area contributed by atoms with Crippen LogP contribution < -0.4 is 5.32 Å². The van der Waals surface area contributed by atoms with Crippen molar-refractivity contribution in [2.75, 3.05) is 0 Å². The summed E-state index contributed by atoms with van der Waals surface area (Å²) in [6, 6.07) is 3.88. The summed E-state index contributed by atoms with van der Waals surface area (Å²) >= 11 is 1.62. The lowest BCUT2D eigenvalue weighted by Gasteiger charge is -2.21. The smallest absolute Gasteiger partial charge is 0.318 e. The molecule has 1 rings (SSSR count). The van der Waals surface area contributed by atoms with Gasteiger partial charge in [0.25, 0.3) is 0 Å². The highest BCUT2D eigenvalue weighted by Crippen LogP contribution is 2.16. The van der Waals surface area contributed by atoms with E-state index >= 15 is 0 Å². The van der Waals surface area contributed by atoms with Crippen LogP contribution in [-0.4, -0.2) is 23.0 Å². The SMILES string of the molecule is CC(Cc1cccs1)NC(=O)C(C)(C)C(=O)O. The summed E-state index contributed by atoms with van der Waals surface area (Å²) in [4.78, 5) is 23.8. The van der Waals surface area contributed by atoms with Crippen molar-refractivity contribution in [3.05, 3.63) is 22.4 Å². The molecule has 0 saturated heterocycles. The maximum absolute atomic E-state index is 11.8. The van der Waals surface area contributed by atoms with E-state index in [2.05, 4.69) is 5.32 Å². The van der Waals surface area contributed by atoms with Gasteiger partial charge in [-0.25, -0.2) is 0 Å². The summed E-state index contributed by atoms with van der Waals surface area (Å²) in [5.41, 5.74) is -1.39. The van der Waals surface area contributed by atoms with E-state index in [4.69, 9.17) is 5.11 Å². The predicted molar refractivity (Wildman–Crippen MR) is 67.0 cm³/mol. The highest BCUT2D eigenvalue weighted by Gasteiger charge is 2.36. The second-order valence-corrected chi connectivity index (χ2v) is 5.62. The van der Waals surface area contributed by atoms with E-state index in [-0.39, 0.29) is 6.04 Å². The monoisotopic (exact) mass is 255 g/mol. The van der Waals surface area contributed by atoms with Gasteiger partial charge in [-0.05, 0) is 32.2 Å². The van der Waals surface area contributed by atoms with Gasteiger partial charge < -0.3 is 10.4 Å². The Morgan fingerprint density at radius 2 is 2.18 bits per heavy atom. The molecule has 0 fully saturated rings. The van der Waals surface area contributed by atoms with Gasteiger partial charge in [0, 0.05) is 17.3 Å². The van der Waals surface area contributed by atoms with Crippen molar-refractivity contribution in [2.24, 2.45) is 5.41 Å². The molecule has 1 heterocycles. The lowest BCUT2D eigenvalue weighted by Crippen LogP contribution is -2.46. The van der Waals surface area contributed by atoms with E-state index in [1.54, 1.807) is 11.3 Å². The maximum atomic E-state index is 11.8. The van der Waals surface area contributed by atoms with Crippen LogP contribution in [0.1, 0.15) is 25.6 Å². The molecule has 0 aromatic carbocycles. The van der Waals surface area contributed by atoms with Crippen LogP contribution >= 0.6 is 11.3 Å². The number of nitrogens with one attached hydrogen (secondary N) is 1. The quantitative estimate of drug-likeness (QED) is 0.790. The van der Waals surface area contributed by atoms with E-state index in [0.717, 1.165) is 6.42 Å². The zero-order valence-corrected chi connectivity index (χ0v) is 11.0. The Hall–Kier alpha value is -1.36. The van der Waals surface area contributed by atoms with E-state index in [0.29, 0.717) is 0 Å². The van der Waals surface area contributed by atoms with Crippen LogP contribution in [0.15, 0.2) is 17.5 Å². The molecule has 1 aromatic heterocycles. The minimum Gasteiger partial charge on any atom is -0.480 e. The topological polar surface area (TPSA) is 66.4 Å². The van der Waals surface area contributed by atoms with Gasteiger partial charge in [-0.1, -0.05) is 6.07 Å². The van der Waals surface area contributed by atoms with Crippen molar-refractivity contribution in [3.63, 3.8) is 0 Å². The lowest BCUT2D eigenvalue weighted by atomic mass is 9.92. The average molecular weight is 255 g/mol. The molecular weight excluding hydrogens is 238 g/mol. The molecule has 17 heavy (non-hydrogen) atoms. The van der Waals surface area contributed by atoms with Crippen LogP contribution in [0.25, 0.3) is 0 Å². The first-order valence-electron chi connectivity index (χ1n) is 5.40. The third kappa shape index (κ3) is 3.56. The third-order valence-electron chi connectivity index (χ3n) is 2.57. The minimum absolute atomic E-state index is 0.0697. The lowest BCUT2D eigenvalue weighted by molar-refractivity contribution is -0.153. The number of aliphatic carboxylic acids is 1. The first kappa shape index (κ1) is 13.7. The highest BCUT2D eigenvalue weighted by molar-refractivity contribution is 7.09. The fourth-order valence-corrected chi connectivity index (χ4v) is 2.12. The van der Waals surface area contributed by atoms with Crippen molar-refractivity contribution in [2.45, 2.75) is 33.2 Å². The normalized spacial score (nSPS) is 13.1. The second-order valence-electron chi connectivity index (χ2n) is 4.59. The van der Waals surface area contributed by atoms with Crippen molar-refractivity contribution in [3.8, 4) is 0 Å². The van der Waals surface area contributed by atoms with E-state index < -0.39 is 17.3 Å². The van der Waals surface area contributed by atoms with Crippen molar-refractivity contribution in [1.82, 2.24) is 5.32 Å². The summed E-state index contributed by atoms with van der Waals surface area (Å²) in [6.45, 7) is 4.68. The molecule has 0 aliphatic rings. The van der Waals surface area contributed by atoms with Crippen LogP contribution in [0.4, 0.5) is 0 Å². The summed E-state index contributed by atoms with van der Waals surface area (Å²) in [5.74, 6) is -1.56. The molecule has 0 saturated carbocycles. The Morgan fingerprint density at radius 3 is 2.65 bits per heavy atom. The maximum Gasteiger partial charge on any atom is 0.318 e. The van der Waals surface area contributed by atoms with E-state index in [9.17, 15) is 9.59 Å². The van der Waals surface area contributed by atoms with Crippen LogP contribution in [0.3, 0.4) is 0 Å². The number of carboxylic acid groups (broad SMARTS) is 1. The minimum atomic E-state index is -1.39. The average Bonchev–Trinajstić information content (AvgIpc) is 2.69. The van der Waals surface area contributed by atoms with Gasteiger partial charge in [0.1, 0.15) is 5.41 Å². The number of carbonyl (C=O) groups excluding carboxylic acids is 1. The van der Waals surface area contributed by atoms with Gasteiger partial charge in [-0.2, -0.15) is 0 Å². The molecule has 0 radical (unpaired) electrons. The molecule has 0 bridgehead atoms. The summed E-state index contributed by atoms with van der Waals surface area (Å²) in [6.07, 6.45) is 0.721. The largest absolute Gasteiger partial charge is 0.480 e. The van der Waals surface area contributed by atoms with Gasteiger partial charge >= 0.3 is 5.97 Å². The molecule has 0 aliphatic carbocycles. The number of thiophene rings is 1. The molecule has 5 heteroatoms. The number of carbonyl (C=O) groups is 2. The zero-order valence-electron chi connectivity index (χ0n) is 10.2. The fraction of sp³-hybridized carbons (Fsp3) is 0.500. The highest BCUT2D eigenvalue weighted by atomic mass is 32.1. The Kier molecular flexibility index (Phi) is 4.28. The summed E-state index contributed by atoms with van der Waals surface area (Å²) < 4.78 is 0. The molecule has 1 aromatic rings. The number of hydrogen-bond acceptors (Lipinski definition) is 3. The number of hydrogen-bond donors (Lipinski definition) is 2. The Bertz CT molecular complexity index is 398. The van der Waals surface area contributed by atoms with Gasteiger partial charge in [-0.15, -0.1) is 11.3 Å². The Morgan fingerprint density at radius 1 is 1.53 bits per heavy atom. The second kappa shape index (κ2) is 5.31. The number of amides is 1. The molecule has 4 nitrogen and oxygen atoms in total. The van der Waals surface area contributed by atoms with Crippen molar-refractivity contribution in [1.29, 1.82) is 0 Å². The van der Waals surface area contributed by atoms with Gasteiger partial charge in [0.2, 0.25) is 5.91 Å². The fourth-order valence-electron chi connectivity index (χ4n) is 1.28. The van der Waals surface area contributed by atoms with Gasteiger partial charge in [0.15, 0.2) is 0 Å². The van der Waals surface area contributed by atoms with E-state index in [1.807, 2.05) is 24.4 Å².